The van der Waals surface area contributed by atoms with Crippen LogP contribution >= 0.6 is 11.6 Å². The monoisotopic (exact) mass is 304 g/mol. The molecule has 0 spiro atoms. The van der Waals surface area contributed by atoms with Crippen LogP contribution < -0.4 is 10.5 Å². The SMILES string of the molecule is Cc1nc([C@H]2CCCN(c3ncccc3Cl)C2)cc(=O)[nH]1. The molecule has 1 aliphatic rings. The summed E-state index contributed by atoms with van der Waals surface area (Å²) < 4.78 is 0. The first kappa shape index (κ1) is 14.1. The van der Waals surface area contributed by atoms with Gasteiger partial charge in [-0.1, -0.05) is 11.6 Å². The summed E-state index contributed by atoms with van der Waals surface area (Å²) in [5, 5.41) is 0.660. The van der Waals surface area contributed by atoms with Crippen LogP contribution in [0.15, 0.2) is 29.2 Å². The summed E-state index contributed by atoms with van der Waals surface area (Å²) in [6, 6.07) is 5.28. The lowest BCUT2D eigenvalue weighted by Crippen LogP contribution is -2.35. The lowest BCUT2D eigenvalue weighted by molar-refractivity contribution is 0.496. The van der Waals surface area contributed by atoms with E-state index in [1.807, 2.05) is 12.1 Å². The van der Waals surface area contributed by atoms with Gasteiger partial charge >= 0.3 is 0 Å². The minimum atomic E-state index is -0.0921. The highest BCUT2D eigenvalue weighted by Gasteiger charge is 2.24. The molecular weight excluding hydrogens is 288 g/mol. The molecule has 6 heteroatoms. The second-order valence-corrected chi connectivity index (χ2v) is 5.76. The highest BCUT2D eigenvalue weighted by molar-refractivity contribution is 6.32. The van der Waals surface area contributed by atoms with Gasteiger partial charge in [-0.15, -0.1) is 0 Å². The first-order chi connectivity index (χ1) is 10.1. The zero-order valence-electron chi connectivity index (χ0n) is 11.8. The third-order valence-corrected chi connectivity index (χ3v) is 4.05. The van der Waals surface area contributed by atoms with Gasteiger partial charge in [-0.25, -0.2) is 9.97 Å². The van der Waals surface area contributed by atoms with E-state index in [9.17, 15) is 4.79 Å². The zero-order chi connectivity index (χ0) is 14.8. The van der Waals surface area contributed by atoms with Crippen LogP contribution in [0.1, 0.15) is 30.3 Å². The number of anilines is 1. The van der Waals surface area contributed by atoms with Crippen molar-refractivity contribution in [1.29, 1.82) is 0 Å². The molecule has 1 fully saturated rings. The highest BCUT2D eigenvalue weighted by atomic mass is 35.5. The fraction of sp³-hybridized carbons (Fsp3) is 0.400. The number of nitrogens with one attached hydrogen (secondary N) is 1. The van der Waals surface area contributed by atoms with Gasteiger partial charge in [0.2, 0.25) is 0 Å². The van der Waals surface area contributed by atoms with Crippen LogP contribution in [0.25, 0.3) is 0 Å². The average molecular weight is 305 g/mol. The topological polar surface area (TPSA) is 61.9 Å². The fourth-order valence-electron chi connectivity index (χ4n) is 2.83. The fourth-order valence-corrected chi connectivity index (χ4v) is 3.07. The minimum absolute atomic E-state index is 0.0921. The van der Waals surface area contributed by atoms with Crippen molar-refractivity contribution in [2.45, 2.75) is 25.7 Å². The van der Waals surface area contributed by atoms with Gasteiger partial charge in [-0.2, -0.15) is 0 Å². The van der Waals surface area contributed by atoms with Gasteiger partial charge in [0, 0.05) is 31.3 Å². The molecule has 2 aromatic heterocycles. The highest BCUT2D eigenvalue weighted by Crippen LogP contribution is 2.30. The molecule has 3 rings (SSSR count). The second-order valence-electron chi connectivity index (χ2n) is 5.35. The van der Waals surface area contributed by atoms with Crippen molar-refractivity contribution in [1.82, 2.24) is 15.0 Å². The Kier molecular flexibility index (Phi) is 3.92. The van der Waals surface area contributed by atoms with Crippen molar-refractivity contribution in [3.8, 4) is 0 Å². The molecule has 0 unspecified atom stereocenters. The number of rotatable bonds is 2. The summed E-state index contributed by atoms with van der Waals surface area (Å²) in [7, 11) is 0. The van der Waals surface area contributed by atoms with E-state index in [1.165, 1.54) is 0 Å². The van der Waals surface area contributed by atoms with Gasteiger partial charge < -0.3 is 9.88 Å². The average Bonchev–Trinajstić information content (AvgIpc) is 2.47. The summed E-state index contributed by atoms with van der Waals surface area (Å²) >= 11 is 6.23. The number of hydrogen-bond acceptors (Lipinski definition) is 4. The molecule has 0 aromatic carbocycles. The molecule has 2 aromatic rings. The molecule has 3 heterocycles. The van der Waals surface area contributed by atoms with Crippen LogP contribution in [-0.2, 0) is 0 Å². The van der Waals surface area contributed by atoms with Gasteiger partial charge in [0.05, 0.1) is 10.7 Å². The van der Waals surface area contributed by atoms with Crippen molar-refractivity contribution in [2.24, 2.45) is 0 Å². The molecule has 110 valence electrons. The molecule has 0 amide bonds. The molecule has 0 bridgehead atoms. The van der Waals surface area contributed by atoms with Crippen molar-refractivity contribution in [3.05, 3.63) is 51.3 Å². The quantitative estimate of drug-likeness (QED) is 0.926. The molecule has 5 nitrogen and oxygen atoms in total. The van der Waals surface area contributed by atoms with E-state index in [0.29, 0.717) is 10.8 Å². The summed E-state index contributed by atoms with van der Waals surface area (Å²) in [6.07, 6.45) is 3.81. The summed E-state index contributed by atoms with van der Waals surface area (Å²) in [6.45, 7) is 3.52. The molecule has 1 N–H and O–H groups in total. The maximum absolute atomic E-state index is 11.6. The summed E-state index contributed by atoms with van der Waals surface area (Å²) in [5.41, 5.74) is 0.762. The number of hydrogen-bond donors (Lipinski definition) is 1. The third-order valence-electron chi connectivity index (χ3n) is 3.76. The molecule has 0 saturated carbocycles. The Morgan fingerprint density at radius 1 is 1.48 bits per heavy atom. The Morgan fingerprint density at radius 2 is 2.33 bits per heavy atom. The lowest BCUT2D eigenvalue weighted by atomic mass is 9.94. The Labute approximate surface area is 128 Å². The molecule has 1 saturated heterocycles. The minimum Gasteiger partial charge on any atom is -0.355 e. The number of piperidine rings is 1. The smallest absolute Gasteiger partial charge is 0.251 e. The van der Waals surface area contributed by atoms with Crippen molar-refractivity contribution in [2.75, 3.05) is 18.0 Å². The van der Waals surface area contributed by atoms with Crippen LogP contribution in [0.4, 0.5) is 5.82 Å². The number of H-pyrrole nitrogens is 1. The van der Waals surface area contributed by atoms with Crippen LogP contribution in [-0.4, -0.2) is 28.0 Å². The van der Waals surface area contributed by atoms with Crippen LogP contribution in [0.3, 0.4) is 0 Å². The Bertz CT molecular complexity index is 700. The van der Waals surface area contributed by atoms with Gasteiger partial charge in [0.25, 0.3) is 5.56 Å². The first-order valence-corrected chi connectivity index (χ1v) is 7.44. The molecule has 1 atom stereocenters. The summed E-state index contributed by atoms with van der Waals surface area (Å²) in [5.74, 6) is 1.70. The van der Waals surface area contributed by atoms with Crippen molar-refractivity contribution in [3.63, 3.8) is 0 Å². The van der Waals surface area contributed by atoms with E-state index in [4.69, 9.17) is 11.6 Å². The Morgan fingerprint density at radius 3 is 3.10 bits per heavy atom. The number of nitrogens with zero attached hydrogens (tertiary/aromatic N) is 3. The van der Waals surface area contributed by atoms with Crippen LogP contribution in [0.2, 0.25) is 5.02 Å². The number of aromatic nitrogens is 3. The van der Waals surface area contributed by atoms with E-state index < -0.39 is 0 Å². The predicted molar refractivity (Wildman–Crippen MR) is 83.0 cm³/mol. The van der Waals surface area contributed by atoms with E-state index in [-0.39, 0.29) is 11.5 Å². The van der Waals surface area contributed by atoms with Crippen LogP contribution in [0.5, 0.6) is 0 Å². The van der Waals surface area contributed by atoms with Gasteiger partial charge in [-0.3, -0.25) is 4.79 Å². The molecule has 1 aliphatic heterocycles. The first-order valence-electron chi connectivity index (χ1n) is 7.07. The lowest BCUT2D eigenvalue weighted by Gasteiger charge is -2.33. The number of aromatic amines is 1. The molecule has 0 radical (unpaired) electrons. The van der Waals surface area contributed by atoms with Crippen molar-refractivity contribution < 1.29 is 0 Å². The third kappa shape index (κ3) is 3.08. The van der Waals surface area contributed by atoms with Gasteiger partial charge in [-0.05, 0) is 31.9 Å². The standard InChI is InChI=1S/C15H17ClN4O/c1-10-18-13(8-14(21)19-10)11-4-3-7-20(9-11)15-12(16)5-2-6-17-15/h2,5-6,8,11H,3-4,7,9H2,1H3,(H,18,19,21)/t11-/m0/s1. The summed E-state index contributed by atoms with van der Waals surface area (Å²) in [4.78, 5) is 25.3. The van der Waals surface area contributed by atoms with Gasteiger partial charge in [0.15, 0.2) is 0 Å². The second kappa shape index (κ2) is 5.85. The maximum atomic E-state index is 11.6. The molecular formula is C15H17ClN4O. The number of pyridine rings is 1. The number of halogens is 1. The zero-order valence-corrected chi connectivity index (χ0v) is 12.6. The Balaban J connectivity index is 1.86. The van der Waals surface area contributed by atoms with Crippen LogP contribution in [0, 0.1) is 6.92 Å². The molecule has 21 heavy (non-hydrogen) atoms. The predicted octanol–water partition coefficient (Wildman–Crippen LogP) is 2.51. The van der Waals surface area contributed by atoms with E-state index >= 15 is 0 Å². The normalized spacial score (nSPS) is 18.8. The van der Waals surface area contributed by atoms with Gasteiger partial charge in [0.1, 0.15) is 11.6 Å². The largest absolute Gasteiger partial charge is 0.355 e. The molecule has 0 aliphatic carbocycles. The van der Waals surface area contributed by atoms with E-state index in [2.05, 4.69) is 19.9 Å². The maximum Gasteiger partial charge on any atom is 0.251 e. The number of aryl methyl sites for hydroxylation is 1. The van der Waals surface area contributed by atoms with E-state index in [0.717, 1.165) is 37.4 Å². The van der Waals surface area contributed by atoms with Crippen molar-refractivity contribution >= 4 is 17.4 Å². The van der Waals surface area contributed by atoms with E-state index in [1.54, 1.807) is 19.2 Å². The Hall–Kier alpha value is -1.88.